The smallest absolute Gasteiger partial charge is 0.410 e. The molecule has 0 saturated carbocycles. The number of carbonyl (C=O) groups excluding carboxylic acids is 2. The van der Waals surface area contributed by atoms with Crippen molar-refractivity contribution in [3.8, 4) is 11.3 Å². The molecule has 0 aliphatic carbocycles. The van der Waals surface area contributed by atoms with Gasteiger partial charge in [0.05, 0.1) is 24.5 Å². The van der Waals surface area contributed by atoms with Gasteiger partial charge >= 0.3 is 6.09 Å². The lowest BCUT2D eigenvalue weighted by molar-refractivity contribution is 0.0553. The molecule has 2 amide bonds. The first-order valence-electron chi connectivity index (χ1n) is 8.60. The van der Waals surface area contributed by atoms with Gasteiger partial charge in [-0.05, 0) is 31.2 Å². The summed E-state index contributed by atoms with van der Waals surface area (Å²) in [7, 11) is 1.72. The first-order chi connectivity index (χ1) is 12.5. The van der Waals surface area contributed by atoms with Crippen molar-refractivity contribution in [2.75, 3.05) is 26.7 Å². The minimum absolute atomic E-state index is 0.0472. The van der Waals surface area contributed by atoms with Gasteiger partial charge in [-0.1, -0.05) is 12.1 Å². The van der Waals surface area contributed by atoms with Gasteiger partial charge in [-0.2, -0.15) is 10.2 Å². The maximum atomic E-state index is 12.8. The summed E-state index contributed by atoms with van der Waals surface area (Å²) in [5.74, 6) is -0.0472. The van der Waals surface area contributed by atoms with E-state index in [4.69, 9.17) is 4.74 Å². The minimum Gasteiger partial charge on any atom is -0.439 e. The highest BCUT2D eigenvalue weighted by atomic mass is 16.6. The Bertz CT molecular complexity index is 850. The van der Waals surface area contributed by atoms with E-state index in [9.17, 15) is 9.59 Å². The molecule has 0 radical (unpaired) electrons. The summed E-state index contributed by atoms with van der Waals surface area (Å²) in [5, 5.41) is 8.22. The fourth-order valence-corrected chi connectivity index (χ4v) is 3.54. The predicted octanol–water partition coefficient (Wildman–Crippen LogP) is 2.12. The van der Waals surface area contributed by atoms with Crippen LogP contribution in [-0.4, -0.2) is 64.3 Å². The average Bonchev–Trinajstić information content (AvgIpc) is 3.17. The van der Waals surface area contributed by atoms with Crippen molar-refractivity contribution in [2.45, 2.75) is 18.9 Å². The Hall–Kier alpha value is -2.96. The van der Waals surface area contributed by atoms with Gasteiger partial charge in [-0.3, -0.25) is 4.79 Å². The Labute approximate surface area is 151 Å². The van der Waals surface area contributed by atoms with Gasteiger partial charge in [0.15, 0.2) is 5.60 Å². The SMILES string of the molecule is Cc1ccc(-c2ccc(C(=O)N3CC[C@@]4(CN(C)C(=O)O4)C3)cc2)nn1. The Balaban J connectivity index is 1.47. The summed E-state index contributed by atoms with van der Waals surface area (Å²) in [6, 6.07) is 11.2. The standard InChI is InChI=1S/C19H20N4O3/c1-13-3-8-16(21-20-13)14-4-6-15(7-5-14)17(24)23-10-9-19(12-23)11-22(2)18(25)26-19/h3-8H,9-12H2,1-2H3/t19-/m1/s1. The number of hydrogen-bond acceptors (Lipinski definition) is 5. The lowest BCUT2D eigenvalue weighted by atomic mass is 10.0. The zero-order chi connectivity index (χ0) is 18.3. The molecule has 7 nitrogen and oxygen atoms in total. The summed E-state index contributed by atoms with van der Waals surface area (Å²) < 4.78 is 5.50. The minimum atomic E-state index is -0.557. The largest absolute Gasteiger partial charge is 0.439 e. The van der Waals surface area contributed by atoms with Crippen molar-refractivity contribution in [2.24, 2.45) is 0 Å². The van der Waals surface area contributed by atoms with E-state index < -0.39 is 5.60 Å². The molecule has 2 aliphatic rings. The highest BCUT2D eigenvalue weighted by molar-refractivity contribution is 5.95. The fourth-order valence-electron chi connectivity index (χ4n) is 3.54. The number of aromatic nitrogens is 2. The Morgan fingerprint density at radius 3 is 2.50 bits per heavy atom. The van der Waals surface area contributed by atoms with Gasteiger partial charge in [-0.25, -0.2) is 4.79 Å². The van der Waals surface area contributed by atoms with Crippen molar-refractivity contribution in [1.82, 2.24) is 20.0 Å². The summed E-state index contributed by atoms with van der Waals surface area (Å²) in [5.41, 5.74) is 2.61. The third kappa shape index (κ3) is 2.89. The Morgan fingerprint density at radius 1 is 1.12 bits per heavy atom. The van der Waals surface area contributed by atoms with Crippen LogP contribution in [0.5, 0.6) is 0 Å². The molecule has 2 fully saturated rings. The zero-order valence-corrected chi connectivity index (χ0v) is 14.8. The molecular weight excluding hydrogens is 332 g/mol. The Morgan fingerprint density at radius 2 is 1.88 bits per heavy atom. The predicted molar refractivity (Wildman–Crippen MR) is 94.6 cm³/mol. The van der Waals surface area contributed by atoms with E-state index in [1.807, 2.05) is 31.2 Å². The molecule has 3 heterocycles. The fraction of sp³-hybridized carbons (Fsp3) is 0.368. The third-order valence-electron chi connectivity index (χ3n) is 4.97. The lowest BCUT2D eigenvalue weighted by Gasteiger charge is -2.21. The van der Waals surface area contributed by atoms with Gasteiger partial charge in [0, 0.05) is 31.1 Å². The number of likely N-dealkylation sites (N-methyl/N-ethyl adjacent to an activating group) is 1. The average molecular weight is 352 g/mol. The zero-order valence-electron chi connectivity index (χ0n) is 14.8. The van der Waals surface area contributed by atoms with Crippen LogP contribution in [0, 0.1) is 6.92 Å². The topological polar surface area (TPSA) is 75.6 Å². The second-order valence-electron chi connectivity index (χ2n) is 7.02. The number of likely N-dealkylation sites (tertiary alicyclic amines) is 1. The van der Waals surface area contributed by atoms with Crippen LogP contribution in [0.2, 0.25) is 0 Å². The van der Waals surface area contributed by atoms with E-state index in [0.717, 1.165) is 17.0 Å². The van der Waals surface area contributed by atoms with E-state index in [1.165, 1.54) is 0 Å². The van der Waals surface area contributed by atoms with E-state index >= 15 is 0 Å². The van der Waals surface area contributed by atoms with Gasteiger partial charge < -0.3 is 14.5 Å². The molecule has 0 bridgehead atoms. The number of hydrogen-bond donors (Lipinski definition) is 0. The molecule has 0 unspecified atom stereocenters. The van der Waals surface area contributed by atoms with Crippen LogP contribution in [0.3, 0.4) is 0 Å². The van der Waals surface area contributed by atoms with Crippen molar-refractivity contribution in [1.29, 1.82) is 0 Å². The monoisotopic (exact) mass is 352 g/mol. The van der Waals surface area contributed by atoms with Gasteiger partial charge in [-0.15, -0.1) is 0 Å². The number of aryl methyl sites for hydroxylation is 1. The van der Waals surface area contributed by atoms with E-state index in [2.05, 4.69) is 10.2 Å². The second kappa shape index (κ2) is 6.09. The van der Waals surface area contributed by atoms with Gasteiger partial charge in [0.2, 0.25) is 0 Å². The molecule has 2 saturated heterocycles. The first kappa shape index (κ1) is 16.5. The van der Waals surface area contributed by atoms with Crippen LogP contribution in [0.15, 0.2) is 36.4 Å². The van der Waals surface area contributed by atoms with Gasteiger partial charge in [0.1, 0.15) is 0 Å². The summed E-state index contributed by atoms with van der Waals surface area (Å²) in [4.78, 5) is 27.8. The van der Waals surface area contributed by atoms with Gasteiger partial charge in [0.25, 0.3) is 5.91 Å². The molecule has 2 aliphatic heterocycles. The molecule has 7 heteroatoms. The molecule has 2 aromatic rings. The number of amides is 2. The van der Waals surface area contributed by atoms with Crippen LogP contribution < -0.4 is 0 Å². The molecule has 1 aromatic heterocycles. The molecule has 4 rings (SSSR count). The number of nitrogens with zero attached hydrogens (tertiary/aromatic N) is 4. The molecular formula is C19H20N4O3. The summed E-state index contributed by atoms with van der Waals surface area (Å²) >= 11 is 0. The Kier molecular flexibility index (Phi) is 3.86. The normalized spacial score (nSPS) is 22.2. The molecule has 26 heavy (non-hydrogen) atoms. The second-order valence-corrected chi connectivity index (χ2v) is 7.02. The third-order valence-corrected chi connectivity index (χ3v) is 4.97. The number of ether oxygens (including phenoxy) is 1. The van der Waals surface area contributed by atoms with Crippen molar-refractivity contribution >= 4 is 12.0 Å². The quantitative estimate of drug-likeness (QED) is 0.827. The maximum Gasteiger partial charge on any atom is 0.410 e. The number of carbonyl (C=O) groups is 2. The van der Waals surface area contributed by atoms with Crippen LogP contribution >= 0.6 is 0 Å². The molecule has 1 atom stereocenters. The highest BCUT2D eigenvalue weighted by Crippen LogP contribution is 2.32. The van der Waals surface area contributed by atoms with Crippen molar-refractivity contribution < 1.29 is 14.3 Å². The molecule has 0 N–H and O–H groups in total. The maximum absolute atomic E-state index is 12.8. The number of benzene rings is 1. The van der Waals surface area contributed by atoms with E-state index in [-0.39, 0.29) is 12.0 Å². The number of rotatable bonds is 2. The first-order valence-corrected chi connectivity index (χ1v) is 8.60. The molecule has 1 aromatic carbocycles. The highest BCUT2D eigenvalue weighted by Gasteiger charge is 2.49. The van der Waals surface area contributed by atoms with Crippen LogP contribution in [0.4, 0.5) is 4.79 Å². The summed E-state index contributed by atoms with van der Waals surface area (Å²) in [6.45, 7) is 3.44. The van der Waals surface area contributed by atoms with E-state index in [0.29, 0.717) is 31.6 Å². The van der Waals surface area contributed by atoms with E-state index in [1.54, 1.807) is 29.0 Å². The van der Waals surface area contributed by atoms with Crippen molar-refractivity contribution in [3.63, 3.8) is 0 Å². The molecule has 1 spiro atoms. The van der Waals surface area contributed by atoms with Crippen molar-refractivity contribution in [3.05, 3.63) is 47.7 Å². The lowest BCUT2D eigenvalue weighted by Crippen LogP contribution is -2.39. The van der Waals surface area contributed by atoms with Crippen LogP contribution in [-0.2, 0) is 4.74 Å². The summed E-state index contributed by atoms with van der Waals surface area (Å²) in [6.07, 6.45) is 0.356. The van der Waals surface area contributed by atoms with Crippen LogP contribution in [0.1, 0.15) is 22.5 Å². The van der Waals surface area contributed by atoms with Crippen LogP contribution in [0.25, 0.3) is 11.3 Å². The molecule has 134 valence electrons.